The van der Waals surface area contributed by atoms with Crippen LogP contribution in [0.2, 0.25) is 0 Å². The van der Waals surface area contributed by atoms with Gasteiger partial charge in [0, 0.05) is 0 Å². The average molecular weight is 286 g/mol. The maximum absolute atomic E-state index is 10.2. The van der Waals surface area contributed by atoms with Crippen molar-refractivity contribution in [2.75, 3.05) is 0 Å². The molecule has 0 aliphatic rings. The molecule has 0 unspecified atom stereocenters. The number of hydrogen-bond acceptors (Lipinski definition) is 4. The van der Waals surface area contributed by atoms with Gasteiger partial charge in [0.15, 0.2) is 0 Å². The molecule has 0 radical (unpaired) electrons. The Kier molecular flexibility index (Phi) is 8.24. The van der Waals surface area contributed by atoms with E-state index in [0.717, 1.165) is 5.56 Å². The summed E-state index contributed by atoms with van der Waals surface area (Å²) in [7, 11) is -7.65. The van der Waals surface area contributed by atoms with E-state index in [1.807, 2.05) is 6.07 Å². The number of rotatable bonds is 4. The van der Waals surface area contributed by atoms with Gasteiger partial charge in [0.05, 0.1) is 0 Å². The third-order valence-corrected chi connectivity index (χ3v) is 1.52. The largest absolute Gasteiger partial charge is 0.496 e. The van der Waals surface area contributed by atoms with E-state index in [1.54, 1.807) is 24.3 Å². The lowest BCUT2D eigenvalue weighted by Crippen LogP contribution is -1.93. The fourth-order valence-electron chi connectivity index (χ4n) is 0.737. The summed E-state index contributed by atoms with van der Waals surface area (Å²) < 4.78 is 22.7. The standard InChI is InChI=1S/C7H9O5P.H3O3P/c8-13(9,10)12-11-6-7-4-2-1-3-5-7;1-4(2)3/h1-5H,6H2,(H2,8,9,10);4H,(H2,1,2,3). The Labute approximate surface area is 97.6 Å². The first-order chi connectivity index (χ1) is 7.81. The summed E-state index contributed by atoms with van der Waals surface area (Å²) in [5, 5.41) is 0. The highest BCUT2D eigenvalue weighted by molar-refractivity contribution is 7.46. The van der Waals surface area contributed by atoms with E-state index in [9.17, 15) is 4.57 Å². The lowest BCUT2D eigenvalue weighted by Gasteiger charge is -2.03. The molecule has 98 valence electrons. The van der Waals surface area contributed by atoms with Gasteiger partial charge in [-0.3, -0.25) is 4.57 Å². The van der Waals surface area contributed by atoms with Crippen LogP contribution in [0.1, 0.15) is 5.56 Å². The maximum Gasteiger partial charge on any atom is 0.496 e. The fraction of sp³-hybridized carbons (Fsp3) is 0.143. The molecular weight excluding hydrogens is 274 g/mol. The normalized spacial score (nSPS) is 10.9. The maximum atomic E-state index is 10.2. The smallest absolute Gasteiger partial charge is 0.326 e. The third-order valence-electron chi connectivity index (χ3n) is 1.22. The Morgan fingerprint density at radius 1 is 1.18 bits per heavy atom. The monoisotopic (exact) mass is 286 g/mol. The van der Waals surface area contributed by atoms with Crippen molar-refractivity contribution in [3.63, 3.8) is 0 Å². The molecule has 0 saturated heterocycles. The molecule has 0 atom stereocenters. The summed E-state index contributed by atoms with van der Waals surface area (Å²) >= 11 is 0. The van der Waals surface area contributed by atoms with Crippen molar-refractivity contribution in [1.29, 1.82) is 0 Å². The van der Waals surface area contributed by atoms with Crippen LogP contribution in [0.4, 0.5) is 0 Å². The zero-order valence-corrected chi connectivity index (χ0v) is 10.4. The van der Waals surface area contributed by atoms with Gasteiger partial charge < -0.3 is 19.6 Å². The van der Waals surface area contributed by atoms with Crippen LogP contribution in [0.5, 0.6) is 0 Å². The van der Waals surface area contributed by atoms with E-state index in [2.05, 4.69) is 9.56 Å². The molecule has 0 bridgehead atoms. The second kappa shape index (κ2) is 8.52. The molecule has 1 aromatic rings. The van der Waals surface area contributed by atoms with Crippen molar-refractivity contribution in [2.45, 2.75) is 6.61 Å². The highest BCUT2D eigenvalue weighted by Gasteiger charge is 2.14. The van der Waals surface area contributed by atoms with Crippen LogP contribution in [0.25, 0.3) is 0 Å². The molecule has 1 rings (SSSR count). The van der Waals surface area contributed by atoms with Crippen LogP contribution in [0, 0.1) is 0 Å². The summed E-state index contributed by atoms with van der Waals surface area (Å²) in [6, 6.07) is 8.91. The van der Waals surface area contributed by atoms with E-state index in [4.69, 9.17) is 24.1 Å². The van der Waals surface area contributed by atoms with Gasteiger partial charge in [0.25, 0.3) is 0 Å². The molecule has 1 aromatic carbocycles. The van der Waals surface area contributed by atoms with Crippen molar-refractivity contribution in [3.05, 3.63) is 35.9 Å². The van der Waals surface area contributed by atoms with E-state index in [1.165, 1.54) is 0 Å². The molecule has 10 heteroatoms. The van der Waals surface area contributed by atoms with Gasteiger partial charge in [-0.1, -0.05) is 30.3 Å². The predicted octanol–water partition coefficient (Wildman–Crippen LogP) is 0.588. The van der Waals surface area contributed by atoms with Crippen LogP contribution >= 0.6 is 16.1 Å². The van der Waals surface area contributed by atoms with Crippen LogP contribution < -0.4 is 0 Å². The van der Waals surface area contributed by atoms with E-state index < -0.39 is 16.1 Å². The van der Waals surface area contributed by atoms with Gasteiger partial charge in [-0.15, -0.1) is 4.67 Å². The molecule has 8 nitrogen and oxygen atoms in total. The van der Waals surface area contributed by atoms with Crippen LogP contribution in [-0.4, -0.2) is 19.6 Å². The summed E-state index contributed by atoms with van der Waals surface area (Å²) in [6.45, 7) is 0.00590. The Morgan fingerprint density at radius 3 is 2.06 bits per heavy atom. The Bertz CT molecular complexity index is 371. The number of benzene rings is 1. The SMILES string of the molecule is O=P(O)(O)OOCc1ccccc1.O=[PH](O)O. The van der Waals surface area contributed by atoms with Crippen molar-refractivity contribution >= 4 is 16.1 Å². The van der Waals surface area contributed by atoms with Crippen LogP contribution in [0.3, 0.4) is 0 Å². The second-order valence-electron chi connectivity index (χ2n) is 2.60. The summed E-state index contributed by atoms with van der Waals surface area (Å²) in [4.78, 5) is 35.2. The zero-order chi connectivity index (χ0) is 13.3. The highest BCUT2D eigenvalue weighted by Crippen LogP contribution is 2.36. The van der Waals surface area contributed by atoms with Gasteiger partial charge in [-0.05, 0) is 5.56 Å². The van der Waals surface area contributed by atoms with Gasteiger partial charge in [-0.25, -0.2) is 9.45 Å². The minimum atomic E-state index is -4.52. The highest BCUT2D eigenvalue weighted by atomic mass is 31.2. The Hall–Kier alpha value is -0.560. The van der Waals surface area contributed by atoms with Crippen molar-refractivity contribution in [3.8, 4) is 0 Å². The lowest BCUT2D eigenvalue weighted by atomic mass is 10.2. The van der Waals surface area contributed by atoms with Crippen LogP contribution in [-0.2, 0) is 25.3 Å². The summed E-state index contributed by atoms with van der Waals surface area (Å²) in [5.41, 5.74) is 0.774. The molecule has 4 N–H and O–H groups in total. The number of phosphoric acid groups is 1. The second-order valence-corrected chi connectivity index (χ2v) is 4.29. The number of hydrogen-bond donors (Lipinski definition) is 4. The van der Waals surface area contributed by atoms with Crippen molar-refractivity contribution < 1.29 is 38.3 Å². The Morgan fingerprint density at radius 2 is 1.65 bits per heavy atom. The molecular formula is C7H12O8P2. The molecule has 0 aliphatic carbocycles. The topological polar surface area (TPSA) is 134 Å². The van der Waals surface area contributed by atoms with Gasteiger partial charge >= 0.3 is 16.1 Å². The van der Waals surface area contributed by atoms with E-state index in [-0.39, 0.29) is 6.61 Å². The predicted molar refractivity (Wildman–Crippen MR) is 57.8 cm³/mol. The molecule has 0 heterocycles. The van der Waals surface area contributed by atoms with Crippen molar-refractivity contribution in [1.82, 2.24) is 0 Å². The fourth-order valence-corrected chi connectivity index (χ4v) is 0.927. The molecule has 0 fully saturated rings. The molecule has 0 amide bonds. The summed E-state index contributed by atoms with van der Waals surface area (Å²) in [5.74, 6) is 0. The Balaban J connectivity index is 0.000000557. The molecule has 17 heavy (non-hydrogen) atoms. The lowest BCUT2D eigenvalue weighted by molar-refractivity contribution is -0.232. The first kappa shape index (κ1) is 16.4. The van der Waals surface area contributed by atoms with Gasteiger partial charge in [0.1, 0.15) is 6.61 Å². The van der Waals surface area contributed by atoms with Gasteiger partial charge in [0.2, 0.25) is 0 Å². The van der Waals surface area contributed by atoms with E-state index in [0.29, 0.717) is 0 Å². The summed E-state index contributed by atoms with van der Waals surface area (Å²) in [6.07, 6.45) is 0. The van der Waals surface area contributed by atoms with E-state index >= 15 is 0 Å². The zero-order valence-electron chi connectivity index (χ0n) is 8.46. The molecule has 0 aromatic heterocycles. The third kappa shape index (κ3) is 13.4. The first-order valence-electron chi connectivity index (χ1n) is 4.14. The minimum Gasteiger partial charge on any atom is -0.326 e. The van der Waals surface area contributed by atoms with Crippen molar-refractivity contribution in [2.24, 2.45) is 0 Å². The molecule has 0 aliphatic heterocycles. The quantitative estimate of drug-likeness (QED) is 0.359. The minimum absolute atomic E-state index is 0.00590. The van der Waals surface area contributed by atoms with Gasteiger partial charge in [-0.2, -0.15) is 0 Å². The first-order valence-corrected chi connectivity index (χ1v) is 6.97. The molecule has 0 saturated carbocycles. The average Bonchev–Trinajstić information content (AvgIpc) is 2.16. The van der Waals surface area contributed by atoms with Crippen LogP contribution in [0.15, 0.2) is 30.3 Å². The molecule has 0 spiro atoms.